The van der Waals surface area contributed by atoms with Crippen molar-refractivity contribution in [3.63, 3.8) is 0 Å². The molecule has 3 aromatic heterocycles. The quantitative estimate of drug-likeness (QED) is 0.765. The van der Waals surface area contributed by atoms with Crippen LogP contribution in [-0.2, 0) is 11.3 Å². The largest absolute Gasteiger partial charge is 0.337 e. The Morgan fingerprint density at radius 3 is 3.10 bits per heavy atom. The second-order valence-electron chi connectivity index (χ2n) is 4.54. The van der Waals surface area contributed by atoms with Crippen molar-refractivity contribution >= 4 is 33.4 Å². The summed E-state index contributed by atoms with van der Waals surface area (Å²) in [4.78, 5) is 20.0. The van der Waals surface area contributed by atoms with Gasteiger partial charge in [0, 0.05) is 36.0 Å². The van der Waals surface area contributed by atoms with E-state index in [1.807, 2.05) is 22.9 Å². The van der Waals surface area contributed by atoms with E-state index in [2.05, 4.69) is 36.3 Å². The monoisotopic (exact) mass is 348 g/mol. The van der Waals surface area contributed by atoms with Crippen LogP contribution in [0.1, 0.15) is 12.8 Å². The number of pyridine rings is 1. The minimum Gasteiger partial charge on any atom is -0.337 e. The van der Waals surface area contributed by atoms with E-state index < -0.39 is 0 Å². The molecule has 0 aliphatic rings. The number of aryl methyl sites for hydroxylation is 1. The van der Waals surface area contributed by atoms with E-state index in [1.54, 1.807) is 23.2 Å². The molecular formula is C13H13BrN6O. The lowest BCUT2D eigenvalue weighted by atomic mass is 10.3. The van der Waals surface area contributed by atoms with Gasteiger partial charge in [-0.1, -0.05) is 0 Å². The first kappa shape index (κ1) is 13.7. The molecular weight excluding hydrogens is 336 g/mol. The first-order chi connectivity index (χ1) is 10.2. The van der Waals surface area contributed by atoms with Crippen molar-refractivity contribution in [1.29, 1.82) is 0 Å². The van der Waals surface area contributed by atoms with Crippen LogP contribution in [0.5, 0.6) is 0 Å². The molecule has 108 valence electrons. The number of carbonyl (C=O) groups is 1. The van der Waals surface area contributed by atoms with Gasteiger partial charge in [0.15, 0.2) is 5.65 Å². The van der Waals surface area contributed by atoms with E-state index in [-0.39, 0.29) is 5.91 Å². The van der Waals surface area contributed by atoms with Crippen molar-refractivity contribution in [2.45, 2.75) is 19.4 Å². The molecule has 0 unspecified atom stereocenters. The van der Waals surface area contributed by atoms with Gasteiger partial charge in [-0.25, -0.2) is 9.50 Å². The zero-order chi connectivity index (χ0) is 14.7. The van der Waals surface area contributed by atoms with Gasteiger partial charge in [0.1, 0.15) is 0 Å². The van der Waals surface area contributed by atoms with E-state index in [9.17, 15) is 4.79 Å². The molecule has 0 spiro atoms. The average molecular weight is 349 g/mol. The third-order valence-electron chi connectivity index (χ3n) is 2.93. The SMILES string of the molecule is O=C(CCCn1ccnc1)Nc1nc2ccc(Br)cn2n1. The fraction of sp³-hybridized carbons (Fsp3) is 0.231. The zero-order valence-electron chi connectivity index (χ0n) is 11.1. The van der Waals surface area contributed by atoms with Gasteiger partial charge in [-0.15, -0.1) is 5.10 Å². The summed E-state index contributed by atoms with van der Waals surface area (Å²) in [7, 11) is 0. The average Bonchev–Trinajstić information content (AvgIpc) is 3.07. The molecule has 0 aromatic carbocycles. The summed E-state index contributed by atoms with van der Waals surface area (Å²) >= 11 is 3.36. The van der Waals surface area contributed by atoms with Gasteiger partial charge in [0.05, 0.1) is 6.33 Å². The van der Waals surface area contributed by atoms with E-state index in [0.717, 1.165) is 17.4 Å². The summed E-state index contributed by atoms with van der Waals surface area (Å²) in [5.74, 6) is 0.228. The Morgan fingerprint density at radius 1 is 1.38 bits per heavy atom. The number of nitrogens with one attached hydrogen (secondary N) is 1. The fourth-order valence-electron chi connectivity index (χ4n) is 1.94. The number of hydrogen-bond acceptors (Lipinski definition) is 4. The summed E-state index contributed by atoms with van der Waals surface area (Å²) in [5, 5.41) is 6.91. The molecule has 8 heteroatoms. The number of amides is 1. The van der Waals surface area contributed by atoms with E-state index in [0.29, 0.717) is 18.0 Å². The molecule has 0 fully saturated rings. The maximum absolute atomic E-state index is 11.9. The van der Waals surface area contributed by atoms with Gasteiger partial charge in [-0.2, -0.15) is 4.98 Å². The van der Waals surface area contributed by atoms with Crippen LogP contribution in [0.15, 0.2) is 41.5 Å². The molecule has 1 N–H and O–H groups in total. The number of rotatable bonds is 5. The van der Waals surface area contributed by atoms with E-state index in [4.69, 9.17) is 0 Å². The summed E-state index contributed by atoms with van der Waals surface area (Å²) in [6.45, 7) is 0.763. The minimum atomic E-state index is -0.0925. The third-order valence-corrected chi connectivity index (χ3v) is 3.39. The minimum absolute atomic E-state index is 0.0925. The normalized spacial score (nSPS) is 10.9. The summed E-state index contributed by atoms with van der Waals surface area (Å²) in [5.41, 5.74) is 0.687. The molecule has 0 saturated carbocycles. The predicted molar refractivity (Wildman–Crippen MR) is 80.8 cm³/mol. The maximum Gasteiger partial charge on any atom is 0.249 e. The highest BCUT2D eigenvalue weighted by Crippen LogP contribution is 2.12. The standard InChI is InChI=1S/C13H13BrN6O/c14-10-3-4-11-16-13(18-20(11)8-10)17-12(21)2-1-6-19-7-5-15-9-19/h3-5,7-9H,1-2,6H2,(H,17,18,21). The van der Waals surface area contributed by atoms with Gasteiger partial charge >= 0.3 is 0 Å². The lowest BCUT2D eigenvalue weighted by molar-refractivity contribution is -0.116. The summed E-state index contributed by atoms with van der Waals surface area (Å²) in [6.07, 6.45) is 8.27. The molecule has 0 radical (unpaired) electrons. The molecule has 0 bridgehead atoms. The van der Waals surface area contributed by atoms with Gasteiger partial charge in [-0.3, -0.25) is 10.1 Å². The lowest BCUT2D eigenvalue weighted by Crippen LogP contribution is -2.13. The molecule has 0 aliphatic carbocycles. The highest BCUT2D eigenvalue weighted by molar-refractivity contribution is 9.10. The van der Waals surface area contributed by atoms with Gasteiger partial charge in [0.2, 0.25) is 11.9 Å². The number of halogens is 1. The van der Waals surface area contributed by atoms with Gasteiger partial charge in [-0.05, 0) is 34.5 Å². The molecule has 3 heterocycles. The van der Waals surface area contributed by atoms with Gasteiger partial charge < -0.3 is 4.57 Å². The van der Waals surface area contributed by atoms with Crippen LogP contribution in [0.2, 0.25) is 0 Å². The Hall–Kier alpha value is -2.22. The predicted octanol–water partition coefficient (Wildman–Crippen LogP) is 2.11. The van der Waals surface area contributed by atoms with Gasteiger partial charge in [0.25, 0.3) is 0 Å². The van der Waals surface area contributed by atoms with E-state index >= 15 is 0 Å². The van der Waals surface area contributed by atoms with Crippen LogP contribution >= 0.6 is 15.9 Å². The van der Waals surface area contributed by atoms with Crippen molar-refractivity contribution in [1.82, 2.24) is 24.1 Å². The maximum atomic E-state index is 11.9. The Bertz CT molecular complexity index is 751. The van der Waals surface area contributed by atoms with Crippen molar-refractivity contribution in [3.05, 3.63) is 41.5 Å². The Morgan fingerprint density at radius 2 is 2.29 bits per heavy atom. The smallest absolute Gasteiger partial charge is 0.249 e. The number of hydrogen-bond donors (Lipinski definition) is 1. The number of imidazole rings is 1. The van der Waals surface area contributed by atoms with Crippen molar-refractivity contribution < 1.29 is 4.79 Å². The van der Waals surface area contributed by atoms with Crippen LogP contribution in [0.3, 0.4) is 0 Å². The van der Waals surface area contributed by atoms with Crippen molar-refractivity contribution in [2.24, 2.45) is 0 Å². The Kier molecular flexibility index (Phi) is 3.96. The highest BCUT2D eigenvalue weighted by atomic mass is 79.9. The first-order valence-corrected chi connectivity index (χ1v) is 7.27. The second-order valence-corrected chi connectivity index (χ2v) is 5.45. The number of fused-ring (bicyclic) bond motifs is 1. The molecule has 7 nitrogen and oxygen atoms in total. The molecule has 1 amide bonds. The van der Waals surface area contributed by atoms with Crippen LogP contribution in [0.25, 0.3) is 5.65 Å². The number of nitrogens with zero attached hydrogens (tertiary/aromatic N) is 5. The third kappa shape index (κ3) is 3.46. The molecule has 3 rings (SSSR count). The molecule has 0 atom stereocenters. The summed E-state index contributed by atoms with van der Waals surface area (Å²) in [6, 6.07) is 3.70. The summed E-state index contributed by atoms with van der Waals surface area (Å²) < 4.78 is 4.46. The number of aromatic nitrogens is 5. The second kappa shape index (κ2) is 6.04. The number of anilines is 1. The van der Waals surface area contributed by atoms with E-state index in [1.165, 1.54) is 0 Å². The molecule has 0 saturated heterocycles. The van der Waals surface area contributed by atoms with Crippen LogP contribution in [-0.4, -0.2) is 30.1 Å². The number of carbonyl (C=O) groups excluding carboxylic acids is 1. The zero-order valence-corrected chi connectivity index (χ0v) is 12.7. The molecule has 3 aromatic rings. The Labute approximate surface area is 129 Å². The molecule has 0 aliphatic heterocycles. The fourth-order valence-corrected chi connectivity index (χ4v) is 2.27. The van der Waals surface area contributed by atoms with Crippen molar-refractivity contribution in [3.8, 4) is 0 Å². The Balaban J connectivity index is 1.55. The highest BCUT2D eigenvalue weighted by Gasteiger charge is 2.08. The van der Waals surface area contributed by atoms with Crippen LogP contribution in [0.4, 0.5) is 5.95 Å². The van der Waals surface area contributed by atoms with Crippen molar-refractivity contribution in [2.75, 3.05) is 5.32 Å². The topological polar surface area (TPSA) is 77.1 Å². The van der Waals surface area contributed by atoms with Crippen LogP contribution in [0, 0.1) is 0 Å². The molecule has 21 heavy (non-hydrogen) atoms. The lowest BCUT2D eigenvalue weighted by Gasteiger charge is -2.02. The first-order valence-electron chi connectivity index (χ1n) is 6.48. The van der Waals surface area contributed by atoms with Crippen LogP contribution < -0.4 is 5.32 Å².